The Kier molecular flexibility index (Phi) is 4.47. The van der Waals surface area contributed by atoms with E-state index in [4.69, 9.17) is 9.72 Å². The summed E-state index contributed by atoms with van der Waals surface area (Å²) in [7, 11) is 1.71. The van der Waals surface area contributed by atoms with Gasteiger partial charge in [-0.2, -0.15) is 0 Å². The summed E-state index contributed by atoms with van der Waals surface area (Å²) in [4.78, 5) is 19.5. The number of carbonyl (C=O) groups is 1. The van der Waals surface area contributed by atoms with Crippen LogP contribution in [0.25, 0.3) is 11.0 Å². The number of aromatic nitrogens is 2. The van der Waals surface area contributed by atoms with Crippen LogP contribution in [0.3, 0.4) is 0 Å². The van der Waals surface area contributed by atoms with Crippen molar-refractivity contribution in [2.75, 3.05) is 25.2 Å². The van der Waals surface area contributed by atoms with Crippen LogP contribution in [0.1, 0.15) is 23.7 Å². The van der Waals surface area contributed by atoms with Crippen LogP contribution in [0.4, 0.5) is 5.69 Å². The minimum atomic E-state index is 0.0892. The number of rotatable bonds is 5. The van der Waals surface area contributed by atoms with Crippen molar-refractivity contribution in [3.63, 3.8) is 0 Å². The molecule has 5 nitrogen and oxygen atoms in total. The van der Waals surface area contributed by atoms with Gasteiger partial charge in [0, 0.05) is 38.2 Å². The molecule has 0 bridgehead atoms. The molecule has 1 amide bonds. The Hall–Kier alpha value is -2.66. The van der Waals surface area contributed by atoms with Gasteiger partial charge in [-0.05, 0) is 30.7 Å². The second kappa shape index (κ2) is 6.92. The Labute approximate surface area is 153 Å². The number of anilines is 1. The Morgan fingerprint density at radius 2 is 1.92 bits per heavy atom. The molecule has 1 saturated heterocycles. The zero-order valence-corrected chi connectivity index (χ0v) is 15.2. The van der Waals surface area contributed by atoms with Gasteiger partial charge >= 0.3 is 0 Å². The van der Waals surface area contributed by atoms with E-state index >= 15 is 0 Å². The molecule has 134 valence electrons. The summed E-state index contributed by atoms with van der Waals surface area (Å²) in [6.45, 7) is 4.07. The van der Waals surface area contributed by atoms with Gasteiger partial charge in [0.2, 0.25) is 5.91 Å². The van der Waals surface area contributed by atoms with Crippen molar-refractivity contribution in [3.8, 4) is 0 Å². The van der Waals surface area contributed by atoms with E-state index in [0.29, 0.717) is 19.6 Å². The minimum Gasteiger partial charge on any atom is -0.383 e. The van der Waals surface area contributed by atoms with Gasteiger partial charge in [0.15, 0.2) is 0 Å². The van der Waals surface area contributed by atoms with Gasteiger partial charge in [-0.25, -0.2) is 4.98 Å². The first-order valence-electron chi connectivity index (χ1n) is 8.99. The topological polar surface area (TPSA) is 47.4 Å². The van der Waals surface area contributed by atoms with Gasteiger partial charge in [-0.1, -0.05) is 30.3 Å². The molecule has 1 atom stereocenters. The summed E-state index contributed by atoms with van der Waals surface area (Å²) in [5.41, 5.74) is 4.19. The number of methoxy groups -OCH3 is 1. The van der Waals surface area contributed by atoms with Crippen molar-refractivity contribution in [2.24, 2.45) is 0 Å². The van der Waals surface area contributed by atoms with Gasteiger partial charge in [0.25, 0.3) is 0 Å². The molecule has 0 radical (unpaired) electrons. The maximum absolute atomic E-state index is 12.7. The molecule has 1 aliphatic heterocycles. The number of imidazole rings is 1. The van der Waals surface area contributed by atoms with E-state index in [1.807, 2.05) is 54.3 Å². The highest BCUT2D eigenvalue weighted by Gasteiger charge is 2.35. The Morgan fingerprint density at radius 3 is 2.73 bits per heavy atom. The number of amides is 1. The number of carbonyl (C=O) groups excluding carboxylic acids is 1. The molecule has 0 spiro atoms. The third-order valence-electron chi connectivity index (χ3n) is 5.10. The zero-order valence-electron chi connectivity index (χ0n) is 15.2. The highest BCUT2D eigenvalue weighted by Crippen LogP contribution is 2.34. The Balaban J connectivity index is 1.70. The minimum absolute atomic E-state index is 0.0892. The lowest BCUT2D eigenvalue weighted by Gasteiger charge is -2.19. The lowest BCUT2D eigenvalue weighted by molar-refractivity contribution is -0.117. The molecule has 1 aliphatic rings. The fourth-order valence-electron chi connectivity index (χ4n) is 3.80. The van der Waals surface area contributed by atoms with Gasteiger partial charge < -0.3 is 14.2 Å². The molecule has 4 rings (SSSR count). The summed E-state index contributed by atoms with van der Waals surface area (Å²) in [6.07, 6.45) is 0.491. The van der Waals surface area contributed by atoms with Crippen LogP contribution in [0.15, 0.2) is 48.5 Å². The molecule has 2 aromatic carbocycles. The molecule has 1 aromatic heterocycles. The molecule has 0 saturated carbocycles. The first-order chi connectivity index (χ1) is 12.7. The van der Waals surface area contributed by atoms with E-state index < -0.39 is 0 Å². The number of hydrogen-bond acceptors (Lipinski definition) is 3. The van der Waals surface area contributed by atoms with Crippen molar-refractivity contribution in [1.29, 1.82) is 0 Å². The van der Waals surface area contributed by atoms with Crippen molar-refractivity contribution >= 4 is 22.6 Å². The van der Waals surface area contributed by atoms with E-state index in [1.54, 1.807) is 7.11 Å². The standard InChI is InChI=1S/C21H23N3O2/c1-15-7-3-5-9-18(15)24-14-16(13-20(24)25)21-22-17-8-4-6-10-19(17)23(21)11-12-26-2/h3-10,16H,11-14H2,1-2H3/t16-/m1/s1. The van der Waals surface area contributed by atoms with Crippen LogP contribution in [0.5, 0.6) is 0 Å². The molecule has 0 unspecified atom stereocenters. The average molecular weight is 349 g/mol. The normalized spacial score (nSPS) is 17.4. The third-order valence-corrected chi connectivity index (χ3v) is 5.10. The van der Waals surface area contributed by atoms with Crippen LogP contribution in [0.2, 0.25) is 0 Å². The molecule has 0 N–H and O–H groups in total. The highest BCUT2D eigenvalue weighted by atomic mass is 16.5. The van der Waals surface area contributed by atoms with Crippen molar-refractivity contribution in [1.82, 2.24) is 9.55 Å². The van der Waals surface area contributed by atoms with Crippen molar-refractivity contribution in [2.45, 2.75) is 25.8 Å². The lowest BCUT2D eigenvalue weighted by atomic mass is 10.1. The SMILES string of the molecule is COCCn1c([C@@H]2CC(=O)N(c3ccccc3C)C2)nc2ccccc21. The maximum Gasteiger partial charge on any atom is 0.227 e. The molecular weight excluding hydrogens is 326 g/mol. The van der Waals surface area contributed by atoms with Gasteiger partial charge in [0.05, 0.1) is 17.6 Å². The van der Waals surface area contributed by atoms with Gasteiger partial charge in [-0.3, -0.25) is 4.79 Å². The number of nitrogens with zero attached hydrogens (tertiary/aromatic N) is 3. The second-order valence-corrected chi connectivity index (χ2v) is 6.80. The molecule has 0 aliphatic carbocycles. The van der Waals surface area contributed by atoms with Crippen LogP contribution in [0, 0.1) is 6.92 Å². The van der Waals surface area contributed by atoms with Crippen LogP contribution in [-0.4, -0.2) is 35.7 Å². The first-order valence-corrected chi connectivity index (χ1v) is 8.99. The molecular formula is C21H23N3O2. The average Bonchev–Trinajstić information content (AvgIpc) is 3.21. The van der Waals surface area contributed by atoms with E-state index in [0.717, 1.165) is 34.7 Å². The first kappa shape index (κ1) is 16.8. The number of fused-ring (bicyclic) bond motifs is 1. The number of benzene rings is 2. The quantitative estimate of drug-likeness (QED) is 0.708. The predicted octanol–water partition coefficient (Wildman–Crippen LogP) is 3.51. The predicted molar refractivity (Wildman–Crippen MR) is 102 cm³/mol. The van der Waals surface area contributed by atoms with Gasteiger partial charge in [-0.15, -0.1) is 0 Å². The maximum atomic E-state index is 12.7. The Morgan fingerprint density at radius 1 is 1.15 bits per heavy atom. The summed E-state index contributed by atoms with van der Waals surface area (Å²) < 4.78 is 7.49. The van der Waals surface area contributed by atoms with E-state index in [2.05, 4.69) is 10.6 Å². The lowest BCUT2D eigenvalue weighted by Crippen LogP contribution is -2.25. The van der Waals surface area contributed by atoms with E-state index in [1.165, 1.54) is 0 Å². The summed E-state index contributed by atoms with van der Waals surface area (Å²) in [5.74, 6) is 1.23. The smallest absolute Gasteiger partial charge is 0.227 e. The largest absolute Gasteiger partial charge is 0.383 e. The Bertz CT molecular complexity index is 947. The summed E-state index contributed by atoms with van der Waals surface area (Å²) in [5, 5.41) is 0. The number of ether oxygens (including phenoxy) is 1. The summed E-state index contributed by atoms with van der Waals surface area (Å²) >= 11 is 0. The zero-order chi connectivity index (χ0) is 18.1. The third kappa shape index (κ3) is 2.88. The van der Waals surface area contributed by atoms with Crippen LogP contribution >= 0.6 is 0 Å². The molecule has 26 heavy (non-hydrogen) atoms. The molecule has 5 heteroatoms. The molecule has 3 aromatic rings. The van der Waals surface area contributed by atoms with Crippen LogP contribution < -0.4 is 4.90 Å². The van der Waals surface area contributed by atoms with Crippen molar-refractivity contribution in [3.05, 3.63) is 59.9 Å². The van der Waals surface area contributed by atoms with Gasteiger partial charge in [0.1, 0.15) is 5.82 Å². The fraction of sp³-hybridized carbons (Fsp3) is 0.333. The highest BCUT2D eigenvalue weighted by molar-refractivity contribution is 5.97. The number of hydrogen-bond donors (Lipinski definition) is 0. The van der Waals surface area contributed by atoms with E-state index in [-0.39, 0.29) is 11.8 Å². The van der Waals surface area contributed by atoms with E-state index in [9.17, 15) is 4.79 Å². The van der Waals surface area contributed by atoms with Crippen molar-refractivity contribution < 1.29 is 9.53 Å². The molecule has 1 fully saturated rings. The number of aryl methyl sites for hydroxylation is 1. The molecule has 2 heterocycles. The number of para-hydroxylation sites is 3. The fourth-order valence-corrected chi connectivity index (χ4v) is 3.80. The summed E-state index contributed by atoms with van der Waals surface area (Å²) in [6, 6.07) is 16.2. The monoisotopic (exact) mass is 349 g/mol. The second-order valence-electron chi connectivity index (χ2n) is 6.80. The van der Waals surface area contributed by atoms with Crippen LogP contribution in [-0.2, 0) is 16.1 Å².